The molecule has 1 aromatic rings. The van der Waals surface area contributed by atoms with Gasteiger partial charge in [0.05, 0.1) is 12.8 Å². The molecule has 13 heteroatoms. The monoisotopic (exact) mass is 427 g/mol. The van der Waals surface area contributed by atoms with Crippen LogP contribution < -0.4 is 33.4 Å². The lowest BCUT2D eigenvalue weighted by Gasteiger charge is -2.10. The van der Waals surface area contributed by atoms with E-state index in [1.54, 1.807) is 12.1 Å². The molecule has 0 aliphatic heterocycles. The summed E-state index contributed by atoms with van der Waals surface area (Å²) >= 11 is 0. The molecule has 0 spiro atoms. The number of hydrogen-bond donors (Lipinski definition) is 7. The maximum Gasteiger partial charge on any atom is 0.328 e. The fraction of sp³-hybridized carbons (Fsp3) is 0.353. The highest BCUT2D eigenvalue weighted by Gasteiger charge is 2.18. The van der Waals surface area contributed by atoms with E-state index >= 15 is 0 Å². The van der Waals surface area contributed by atoms with Crippen molar-refractivity contribution < 1.29 is 38.9 Å². The summed E-state index contributed by atoms with van der Waals surface area (Å²) in [4.78, 5) is 52.7. The molecule has 0 bridgehead atoms. The van der Waals surface area contributed by atoms with Crippen LogP contribution in [-0.2, 0) is 30.4 Å². The number of carboxylic acids is 2. The number of aliphatic carboxylic acids is 2. The SMILES string of the molecule is NC(=O)C[C@H](N)C(=O)O.NC(=O)C[C@H](N)C(=O)Oc1ccc(C[C@H](N)C(=O)O)cc1. The molecule has 0 aliphatic carbocycles. The number of carbonyl (C=O) groups is 5. The van der Waals surface area contributed by atoms with Crippen LogP contribution in [-0.4, -0.2) is 58.1 Å². The van der Waals surface area contributed by atoms with Crippen molar-refractivity contribution in [2.45, 2.75) is 37.4 Å². The molecule has 30 heavy (non-hydrogen) atoms. The lowest BCUT2D eigenvalue weighted by Crippen LogP contribution is -2.37. The Bertz CT molecular complexity index is 768. The zero-order chi connectivity index (χ0) is 23.4. The molecule has 166 valence electrons. The summed E-state index contributed by atoms with van der Waals surface area (Å²) in [5.41, 5.74) is 26.0. The van der Waals surface area contributed by atoms with Crippen LogP contribution in [0.15, 0.2) is 24.3 Å². The fourth-order valence-corrected chi connectivity index (χ4v) is 1.83. The Kier molecular flexibility index (Phi) is 11.3. The second-order valence-electron chi connectivity index (χ2n) is 6.11. The number of rotatable bonds is 10. The van der Waals surface area contributed by atoms with Crippen molar-refractivity contribution in [3.8, 4) is 5.75 Å². The van der Waals surface area contributed by atoms with Crippen molar-refractivity contribution in [2.75, 3.05) is 0 Å². The second kappa shape index (κ2) is 12.8. The van der Waals surface area contributed by atoms with E-state index < -0.39 is 47.8 Å². The number of nitrogens with two attached hydrogens (primary N) is 5. The standard InChI is InChI=1S/C13H17N3O5.C4H8N2O3/c14-9(12(18)19)5-7-1-3-8(4-2-7)21-13(20)10(15)6-11(16)17;5-2(4(8)9)1-3(6)7/h1-4,9-10H,5-6,14-15H2,(H2,16,17)(H,18,19);2H,1,5H2,(H2,6,7)(H,8,9)/t9-,10-;2-/m00/s1. The highest BCUT2D eigenvalue weighted by atomic mass is 16.5. The Labute approximate surface area is 171 Å². The number of carbonyl (C=O) groups excluding carboxylic acids is 3. The van der Waals surface area contributed by atoms with Crippen molar-refractivity contribution in [3.63, 3.8) is 0 Å². The zero-order valence-corrected chi connectivity index (χ0v) is 15.9. The molecule has 13 nitrogen and oxygen atoms in total. The lowest BCUT2D eigenvalue weighted by molar-refractivity contribution is -0.140. The van der Waals surface area contributed by atoms with Gasteiger partial charge in [0.15, 0.2) is 0 Å². The minimum atomic E-state index is -1.21. The maximum atomic E-state index is 11.5. The third-order valence-corrected chi connectivity index (χ3v) is 3.38. The van der Waals surface area contributed by atoms with Gasteiger partial charge in [-0.25, -0.2) is 4.79 Å². The third-order valence-electron chi connectivity index (χ3n) is 3.38. The average molecular weight is 427 g/mol. The van der Waals surface area contributed by atoms with Gasteiger partial charge in [-0.1, -0.05) is 12.1 Å². The molecule has 1 aromatic carbocycles. The Hall–Kier alpha value is -3.55. The van der Waals surface area contributed by atoms with Crippen LogP contribution in [0.2, 0.25) is 0 Å². The molecule has 0 heterocycles. The largest absolute Gasteiger partial charge is 0.480 e. The van der Waals surface area contributed by atoms with Crippen LogP contribution in [0.3, 0.4) is 0 Å². The summed E-state index contributed by atoms with van der Waals surface area (Å²) in [6.07, 6.45) is -0.454. The first-order chi connectivity index (χ1) is 13.8. The van der Waals surface area contributed by atoms with Crippen LogP contribution in [0, 0.1) is 0 Å². The number of benzene rings is 1. The number of amides is 2. The first-order valence-corrected chi connectivity index (χ1v) is 8.43. The minimum absolute atomic E-state index is 0.157. The van der Waals surface area contributed by atoms with Gasteiger partial charge in [-0.2, -0.15) is 0 Å². The molecule has 3 atom stereocenters. The molecular weight excluding hydrogens is 402 g/mol. The molecular formula is C17H25N5O8. The highest BCUT2D eigenvalue weighted by molar-refractivity contribution is 5.85. The Morgan fingerprint density at radius 1 is 0.767 bits per heavy atom. The number of primary amides is 2. The van der Waals surface area contributed by atoms with Crippen molar-refractivity contribution >= 4 is 29.7 Å². The molecule has 0 unspecified atom stereocenters. The molecule has 0 saturated heterocycles. The summed E-state index contributed by atoms with van der Waals surface area (Å²) in [7, 11) is 0. The van der Waals surface area contributed by atoms with E-state index in [9.17, 15) is 24.0 Å². The molecule has 0 aliphatic rings. The highest BCUT2D eigenvalue weighted by Crippen LogP contribution is 2.14. The number of hydrogen-bond acceptors (Lipinski definition) is 9. The molecule has 2 amide bonds. The molecule has 0 saturated carbocycles. The van der Waals surface area contributed by atoms with Gasteiger partial charge in [0, 0.05) is 0 Å². The van der Waals surface area contributed by atoms with E-state index in [0.29, 0.717) is 5.56 Å². The van der Waals surface area contributed by atoms with E-state index in [4.69, 9.17) is 37.9 Å². The van der Waals surface area contributed by atoms with Gasteiger partial charge < -0.3 is 43.6 Å². The molecule has 0 radical (unpaired) electrons. The van der Waals surface area contributed by atoms with Gasteiger partial charge in [0.2, 0.25) is 11.8 Å². The van der Waals surface area contributed by atoms with E-state index in [1.165, 1.54) is 12.1 Å². The van der Waals surface area contributed by atoms with Crippen LogP contribution >= 0.6 is 0 Å². The quantitative estimate of drug-likeness (QED) is 0.146. The molecule has 12 N–H and O–H groups in total. The summed E-state index contributed by atoms with van der Waals surface area (Å²) in [5.74, 6) is -4.25. The van der Waals surface area contributed by atoms with Gasteiger partial charge in [-0.15, -0.1) is 0 Å². The van der Waals surface area contributed by atoms with E-state index in [1.807, 2.05) is 0 Å². The summed E-state index contributed by atoms with van der Waals surface area (Å²) in [5, 5.41) is 16.8. The molecule has 0 aromatic heterocycles. The van der Waals surface area contributed by atoms with Crippen LogP contribution in [0.5, 0.6) is 5.75 Å². The van der Waals surface area contributed by atoms with Gasteiger partial charge in [-0.3, -0.25) is 19.2 Å². The average Bonchev–Trinajstić information content (AvgIpc) is 2.62. The minimum Gasteiger partial charge on any atom is -0.480 e. The third kappa shape index (κ3) is 11.3. The van der Waals surface area contributed by atoms with Crippen LogP contribution in [0.4, 0.5) is 0 Å². The van der Waals surface area contributed by atoms with Crippen LogP contribution in [0.1, 0.15) is 18.4 Å². The smallest absolute Gasteiger partial charge is 0.328 e. The fourth-order valence-electron chi connectivity index (χ4n) is 1.83. The van der Waals surface area contributed by atoms with Gasteiger partial charge >= 0.3 is 17.9 Å². The van der Waals surface area contributed by atoms with E-state index in [0.717, 1.165) is 0 Å². The van der Waals surface area contributed by atoms with Gasteiger partial charge in [0.1, 0.15) is 23.9 Å². The van der Waals surface area contributed by atoms with Crippen molar-refractivity contribution in [1.29, 1.82) is 0 Å². The predicted octanol–water partition coefficient (Wildman–Crippen LogP) is -2.98. The number of carboxylic acid groups (broad SMARTS) is 2. The van der Waals surface area contributed by atoms with E-state index in [-0.39, 0.29) is 25.0 Å². The predicted molar refractivity (Wildman–Crippen MR) is 103 cm³/mol. The van der Waals surface area contributed by atoms with Gasteiger partial charge in [0.25, 0.3) is 0 Å². The summed E-state index contributed by atoms with van der Waals surface area (Å²) in [6, 6.07) is 2.86. The molecule has 1 rings (SSSR count). The van der Waals surface area contributed by atoms with Crippen molar-refractivity contribution in [3.05, 3.63) is 29.8 Å². The Morgan fingerprint density at radius 2 is 1.20 bits per heavy atom. The summed E-state index contributed by atoms with van der Waals surface area (Å²) < 4.78 is 4.97. The van der Waals surface area contributed by atoms with Crippen molar-refractivity contribution in [1.82, 2.24) is 0 Å². The lowest BCUT2D eigenvalue weighted by atomic mass is 10.1. The first-order valence-electron chi connectivity index (χ1n) is 8.43. The number of esters is 1. The Morgan fingerprint density at radius 3 is 1.57 bits per heavy atom. The van der Waals surface area contributed by atoms with Crippen molar-refractivity contribution in [2.24, 2.45) is 28.7 Å². The zero-order valence-electron chi connectivity index (χ0n) is 15.9. The molecule has 0 fully saturated rings. The summed E-state index contributed by atoms with van der Waals surface area (Å²) in [6.45, 7) is 0. The normalized spacial score (nSPS) is 13.0. The van der Waals surface area contributed by atoms with Crippen LogP contribution in [0.25, 0.3) is 0 Å². The topological polar surface area (TPSA) is 265 Å². The van der Waals surface area contributed by atoms with E-state index in [2.05, 4.69) is 5.73 Å². The Balaban J connectivity index is 0.000000787. The number of ether oxygens (including phenoxy) is 1. The maximum absolute atomic E-state index is 11.5. The van der Waals surface area contributed by atoms with Gasteiger partial charge in [-0.05, 0) is 24.1 Å². The first kappa shape index (κ1) is 26.4. The second-order valence-corrected chi connectivity index (χ2v) is 6.11.